The van der Waals surface area contributed by atoms with E-state index in [2.05, 4.69) is 51.3 Å². The molecule has 0 aliphatic heterocycles. The molecule has 8 aromatic carbocycles. The van der Waals surface area contributed by atoms with Crippen LogP contribution in [0.25, 0.3) is 22.3 Å². The number of unbranched alkanes of at least 4 members (excludes halogenated alkanes) is 38. The number of benzene rings is 8. The van der Waals surface area contributed by atoms with Gasteiger partial charge in [-0.05, 0) is 169 Å². The predicted molar refractivity (Wildman–Crippen MR) is 514 cm³/mol. The van der Waals surface area contributed by atoms with Crippen molar-refractivity contribution in [3.63, 3.8) is 0 Å². The minimum Gasteiger partial charge on any atom is -0.493 e. The largest absolute Gasteiger partial charge is 0.493 e. The molecule has 0 aromatic heterocycles. The topological polar surface area (TPSA) is 149 Å². The highest BCUT2D eigenvalue weighted by atomic mass is 16.7. The molecule has 8 aromatic rings. The lowest BCUT2D eigenvalue weighted by Crippen LogP contribution is -2.33. The molecule has 14 nitrogen and oxygen atoms in total. The second-order valence-corrected chi connectivity index (χ2v) is 34.3. The van der Waals surface area contributed by atoms with Crippen molar-refractivity contribution in [3.8, 4) is 68.2 Å². The summed E-state index contributed by atoms with van der Waals surface area (Å²) in [6, 6.07) is 56.5. The summed E-state index contributed by atoms with van der Waals surface area (Å²) >= 11 is 0. The Balaban J connectivity index is 0.894. The van der Waals surface area contributed by atoms with Crippen LogP contribution in [-0.2, 0) is 13.2 Å². The van der Waals surface area contributed by atoms with Crippen molar-refractivity contribution in [2.75, 3.05) is 46.2 Å². The normalized spacial score (nSPS) is 11.2. The van der Waals surface area contributed by atoms with E-state index in [9.17, 15) is 19.2 Å². The molecule has 14 heteroatoms. The standard InChI is InChI=1S/C111H154N2O12/c1-7-13-19-25-31-33-35-37-43-49-83-118-102-75-77-104(110(116)124-100-71-63-94(64-72-100)92-59-67-98(68-60-92)120-87-90-51-55-96(56-52-90)108(114)112(79-45-39-27-21-15-9-3)80-46-40-28-22-16-10-4)106(85-102)122-89-123-107-86-103(119-84-50-44-38-36-34-32-26-20-14-8-2)76-78-105(107)111(117)125-101-73-65-95(66-74-101)93-61-69-99(70-62-93)121-88-91-53-57-97(58-54-91)109(115)113(81-47-41-29-23-17-11-5)82-48-42-30-24-18-12-6/h51-78,85-86H,7-50,79-84,87-89H2,1-6H3. The van der Waals surface area contributed by atoms with Gasteiger partial charge in [-0.2, -0.15) is 0 Å². The first kappa shape index (κ1) is 101. The Morgan fingerprint density at radius 3 is 0.744 bits per heavy atom. The Labute approximate surface area is 753 Å². The molecule has 0 saturated heterocycles. The first-order chi connectivity index (χ1) is 61.5. The first-order valence-corrected chi connectivity index (χ1v) is 49.2. The van der Waals surface area contributed by atoms with Gasteiger partial charge in [-0.1, -0.05) is 358 Å². The highest BCUT2D eigenvalue weighted by Gasteiger charge is 2.23. The van der Waals surface area contributed by atoms with Crippen LogP contribution in [-0.4, -0.2) is 79.7 Å². The van der Waals surface area contributed by atoms with Gasteiger partial charge >= 0.3 is 11.9 Å². The molecule has 0 aliphatic rings. The number of carbonyl (C=O) groups is 4. The van der Waals surface area contributed by atoms with E-state index in [4.69, 9.17) is 37.9 Å². The average molecular weight is 1710 g/mol. The van der Waals surface area contributed by atoms with E-state index in [-0.39, 0.29) is 34.4 Å². The van der Waals surface area contributed by atoms with E-state index in [0.29, 0.717) is 49.4 Å². The molecule has 0 fully saturated rings. The van der Waals surface area contributed by atoms with Crippen LogP contribution in [0.4, 0.5) is 0 Å². The summed E-state index contributed by atoms with van der Waals surface area (Å²) in [7, 11) is 0. The van der Waals surface area contributed by atoms with Crippen LogP contribution in [0.5, 0.6) is 46.0 Å². The lowest BCUT2D eigenvalue weighted by molar-refractivity contribution is 0.0708. The van der Waals surface area contributed by atoms with Gasteiger partial charge in [0.2, 0.25) is 6.79 Å². The van der Waals surface area contributed by atoms with E-state index in [1.165, 1.54) is 193 Å². The van der Waals surface area contributed by atoms with E-state index in [1.807, 2.05) is 121 Å². The van der Waals surface area contributed by atoms with Gasteiger partial charge in [0.05, 0.1) is 13.2 Å². The summed E-state index contributed by atoms with van der Waals surface area (Å²) < 4.78 is 50.1. The zero-order valence-electron chi connectivity index (χ0n) is 77.6. The van der Waals surface area contributed by atoms with Crippen molar-refractivity contribution in [2.24, 2.45) is 0 Å². The minimum absolute atomic E-state index is 0.112. The lowest BCUT2D eigenvalue weighted by atomic mass is 10.1. The molecular weight excluding hydrogens is 1550 g/mol. The van der Waals surface area contributed by atoms with Crippen molar-refractivity contribution in [2.45, 2.75) is 337 Å². The molecule has 0 N–H and O–H groups in total. The van der Waals surface area contributed by atoms with Gasteiger partial charge < -0.3 is 47.7 Å². The molecule has 0 bridgehead atoms. The van der Waals surface area contributed by atoms with Crippen LogP contribution >= 0.6 is 0 Å². The average Bonchev–Trinajstić information content (AvgIpc) is 0.823. The Bertz CT molecular complexity index is 3900. The third kappa shape index (κ3) is 39.9. The van der Waals surface area contributed by atoms with Gasteiger partial charge in [0, 0.05) is 49.4 Å². The van der Waals surface area contributed by atoms with Crippen molar-refractivity contribution < 1.29 is 57.1 Å². The molecule has 2 amide bonds. The molecule has 125 heavy (non-hydrogen) atoms. The Morgan fingerprint density at radius 2 is 0.472 bits per heavy atom. The fraction of sp³-hybridized carbons (Fsp3) is 0.532. The number of amides is 2. The molecule has 0 radical (unpaired) electrons. The van der Waals surface area contributed by atoms with Crippen molar-refractivity contribution in [1.29, 1.82) is 0 Å². The number of hydrogen-bond donors (Lipinski definition) is 0. The van der Waals surface area contributed by atoms with Crippen molar-refractivity contribution >= 4 is 23.8 Å². The van der Waals surface area contributed by atoms with Gasteiger partial charge in [-0.25, -0.2) is 9.59 Å². The number of esters is 2. The smallest absolute Gasteiger partial charge is 0.347 e. The highest BCUT2D eigenvalue weighted by Crippen LogP contribution is 2.34. The fourth-order valence-corrected chi connectivity index (χ4v) is 15.9. The van der Waals surface area contributed by atoms with Gasteiger partial charge in [-0.15, -0.1) is 0 Å². The molecule has 0 heterocycles. The molecule has 0 unspecified atom stereocenters. The Hall–Kier alpha value is -9.56. The van der Waals surface area contributed by atoms with Gasteiger partial charge in [-0.3, -0.25) is 9.59 Å². The third-order valence-electron chi connectivity index (χ3n) is 23.7. The summed E-state index contributed by atoms with van der Waals surface area (Å²) in [5.74, 6) is 2.47. The van der Waals surface area contributed by atoms with E-state index in [1.54, 1.807) is 60.7 Å². The molecule has 680 valence electrons. The second kappa shape index (κ2) is 62.6. The van der Waals surface area contributed by atoms with Crippen LogP contribution in [0.2, 0.25) is 0 Å². The number of hydrogen-bond acceptors (Lipinski definition) is 12. The second-order valence-electron chi connectivity index (χ2n) is 34.3. The summed E-state index contributed by atoms with van der Waals surface area (Å²) in [5.41, 5.74) is 7.47. The SMILES string of the molecule is CCCCCCCCCCCCOc1ccc(C(=O)Oc2ccc(-c3ccc(OCc4ccc(C(=O)N(CCCCCCCC)CCCCCCCC)cc4)cc3)cc2)c(OCOc2cc(OCCCCCCCCCCCC)ccc2C(=O)Oc2ccc(-c3ccc(OCc4ccc(C(=O)N(CCCCCCCC)CCCCCCCC)cc4)cc3)cc2)c1. The zero-order valence-corrected chi connectivity index (χ0v) is 77.6. The lowest BCUT2D eigenvalue weighted by Gasteiger charge is -2.23. The molecule has 0 atom stereocenters. The number of rotatable bonds is 70. The van der Waals surface area contributed by atoms with Crippen LogP contribution in [0.15, 0.2) is 182 Å². The van der Waals surface area contributed by atoms with E-state index >= 15 is 0 Å². The maximum absolute atomic E-state index is 14.4. The van der Waals surface area contributed by atoms with Crippen LogP contribution in [0.1, 0.15) is 377 Å². The number of carbonyl (C=O) groups excluding carboxylic acids is 4. The monoisotopic (exact) mass is 1710 g/mol. The summed E-state index contributed by atoms with van der Waals surface area (Å²) in [4.78, 5) is 60.7. The van der Waals surface area contributed by atoms with Gasteiger partial charge in [0.15, 0.2) is 0 Å². The third-order valence-corrected chi connectivity index (χ3v) is 23.7. The van der Waals surface area contributed by atoms with Crippen LogP contribution < -0.4 is 37.9 Å². The van der Waals surface area contributed by atoms with E-state index < -0.39 is 18.7 Å². The molecule has 0 saturated carbocycles. The van der Waals surface area contributed by atoms with Crippen molar-refractivity contribution in [1.82, 2.24) is 9.80 Å². The fourth-order valence-electron chi connectivity index (χ4n) is 15.9. The summed E-state index contributed by atoms with van der Waals surface area (Å²) in [6.45, 7) is 18.0. The first-order valence-electron chi connectivity index (χ1n) is 49.2. The molecular formula is C111H154N2O12. The summed E-state index contributed by atoms with van der Waals surface area (Å²) in [5, 5.41) is 0. The van der Waals surface area contributed by atoms with Crippen molar-refractivity contribution in [3.05, 3.63) is 215 Å². The maximum Gasteiger partial charge on any atom is 0.347 e. The number of ether oxygens (including phenoxy) is 8. The number of nitrogens with zero attached hydrogens (tertiary/aromatic N) is 2. The highest BCUT2D eigenvalue weighted by molar-refractivity contribution is 5.96. The minimum atomic E-state index is -0.642. The van der Waals surface area contributed by atoms with Gasteiger partial charge in [0.1, 0.15) is 70.3 Å². The quantitative estimate of drug-likeness (QED) is 0.0155. The van der Waals surface area contributed by atoms with Crippen LogP contribution in [0.3, 0.4) is 0 Å². The maximum atomic E-state index is 14.4. The Morgan fingerprint density at radius 1 is 0.232 bits per heavy atom. The molecule has 0 aliphatic carbocycles. The molecule has 0 spiro atoms. The van der Waals surface area contributed by atoms with Gasteiger partial charge in [0.25, 0.3) is 11.8 Å². The zero-order chi connectivity index (χ0) is 88.2. The summed E-state index contributed by atoms with van der Waals surface area (Å²) in [6.07, 6.45) is 52.8. The van der Waals surface area contributed by atoms with E-state index in [0.717, 1.165) is 172 Å². The Kier molecular flexibility index (Phi) is 50.5. The molecule has 8 rings (SSSR count). The van der Waals surface area contributed by atoms with Crippen LogP contribution in [0, 0.1) is 0 Å². The predicted octanol–water partition coefficient (Wildman–Crippen LogP) is 31.0.